The molecule has 0 bridgehead atoms. The topological polar surface area (TPSA) is 9.23 Å². The molecule has 0 spiro atoms. The molecule has 0 unspecified atom stereocenters. The van der Waals surface area contributed by atoms with E-state index in [0.29, 0.717) is 0 Å². The maximum Gasteiger partial charge on any atom is 0.132 e. The minimum atomic E-state index is 0.828. The van der Waals surface area contributed by atoms with E-state index in [2.05, 4.69) is 12.6 Å². The average Bonchev–Trinajstić information content (AvgIpc) is 2.08. The first-order chi connectivity index (χ1) is 5.74. The quantitative estimate of drug-likeness (QED) is 0.659. The lowest BCUT2D eigenvalue weighted by molar-refractivity contribution is 0.405. The van der Waals surface area contributed by atoms with Crippen LogP contribution in [0.2, 0.25) is 0 Å². The minimum Gasteiger partial charge on any atom is -0.496 e. The highest BCUT2D eigenvalue weighted by molar-refractivity contribution is 7.80. The SMILES string of the molecule is CC.COc1ccc(C)cc1S. The Morgan fingerprint density at radius 2 is 1.83 bits per heavy atom. The van der Waals surface area contributed by atoms with E-state index in [0.717, 1.165) is 10.6 Å². The predicted octanol–water partition coefficient (Wildman–Crippen LogP) is 3.32. The Kier molecular flexibility index (Phi) is 5.64. The fourth-order valence-electron chi connectivity index (χ4n) is 0.800. The Labute approximate surface area is 80.2 Å². The summed E-state index contributed by atoms with van der Waals surface area (Å²) in [6.45, 7) is 6.03. The maximum absolute atomic E-state index is 5.02. The van der Waals surface area contributed by atoms with Crippen molar-refractivity contribution in [3.05, 3.63) is 23.8 Å². The molecule has 0 atom stereocenters. The number of aryl methyl sites for hydroxylation is 1. The summed E-state index contributed by atoms with van der Waals surface area (Å²) in [5.74, 6) is 0.828. The fourth-order valence-corrected chi connectivity index (χ4v) is 1.17. The van der Waals surface area contributed by atoms with E-state index in [1.165, 1.54) is 5.56 Å². The normalized spacial score (nSPS) is 8.42. The van der Waals surface area contributed by atoms with Crippen LogP contribution in [-0.4, -0.2) is 7.11 Å². The van der Waals surface area contributed by atoms with Crippen molar-refractivity contribution in [2.45, 2.75) is 25.7 Å². The largest absolute Gasteiger partial charge is 0.496 e. The summed E-state index contributed by atoms with van der Waals surface area (Å²) in [6, 6.07) is 5.89. The minimum absolute atomic E-state index is 0.828. The fraction of sp³-hybridized carbons (Fsp3) is 0.400. The van der Waals surface area contributed by atoms with Gasteiger partial charge < -0.3 is 4.74 Å². The number of benzene rings is 1. The van der Waals surface area contributed by atoms with Crippen LogP contribution in [-0.2, 0) is 0 Å². The highest BCUT2D eigenvalue weighted by Gasteiger charge is 1.95. The van der Waals surface area contributed by atoms with Gasteiger partial charge in [-0.3, -0.25) is 0 Å². The van der Waals surface area contributed by atoms with E-state index in [9.17, 15) is 0 Å². The smallest absolute Gasteiger partial charge is 0.132 e. The van der Waals surface area contributed by atoms with E-state index in [1.54, 1.807) is 7.11 Å². The molecule has 0 fully saturated rings. The molecule has 12 heavy (non-hydrogen) atoms. The predicted molar refractivity (Wildman–Crippen MR) is 56.3 cm³/mol. The lowest BCUT2D eigenvalue weighted by Gasteiger charge is -2.02. The third-order valence-corrected chi connectivity index (χ3v) is 1.68. The molecule has 0 radical (unpaired) electrons. The molecule has 1 rings (SSSR count). The summed E-state index contributed by atoms with van der Waals surface area (Å²) in [7, 11) is 1.64. The van der Waals surface area contributed by atoms with Crippen molar-refractivity contribution in [3.8, 4) is 5.75 Å². The molecule has 0 amide bonds. The molecule has 0 aliphatic carbocycles. The second-order valence-electron chi connectivity index (χ2n) is 2.18. The lowest BCUT2D eigenvalue weighted by atomic mass is 10.2. The van der Waals surface area contributed by atoms with Gasteiger partial charge in [-0.2, -0.15) is 0 Å². The summed E-state index contributed by atoms with van der Waals surface area (Å²) in [5, 5.41) is 0. The van der Waals surface area contributed by atoms with Gasteiger partial charge in [-0.1, -0.05) is 19.9 Å². The van der Waals surface area contributed by atoms with Crippen molar-refractivity contribution in [1.29, 1.82) is 0 Å². The van der Waals surface area contributed by atoms with E-state index in [-0.39, 0.29) is 0 Å². The van der Waals surface area contributed by atoms with Crippen LogP contribution in [0.15, 0.2) is 23.1 Å². The van der Waals surface area contributed by atoms with Crippen LogP contribution >= 0.6 is 12.6 Å². The van der Waals surface area contributed by atoms with Crippen molar-refractivity contribution < 1.29 is 4.74 Å². The van der Waals surface area contributed by atoms with E-state index < -0.39 is 0 Å². The molecule has 2 heteroatoms. The monoisotopic (exact) mass is 184 g/mol. The van der Waals surface area contributed by atoms with Crippen LogP contribution < -0.4 is 4.74 Å². The second kappa shape index (κ2) is 5.95. The molecule has 1 nitrogen and oxygen atoms in total. The molecule has 0 saturated heterocycles. The molecule has 0 aromatic heterocycles. The summed E-state index contributed by atoms with van der Waals surface area (Å²) in [6.07, 6.45) is 0. The Balaban J connectivity index is 0.000000561. The van der Waals surface area contributed by atoms with Crippen LogP contribution in [0.3, 0.4) is 0 Å². The zero-order chi connectivity index (χ0) is 9.56. The number of methoxy groups -OCH3 is 1. The Morgan fingerprint density at radius 3 is 2.25 bits per heavy atom. The van der Waals surface area contributed by atoms with Gasteiger partial charge in [0.05, 0.1) is 7.11 Å². The summed E-state index contributed by atoms with van der Waals surface area (Å²) < 4.78 is 5.02. The first-order valence-electron chi connectivity index (χ1n) is 4.07. The zero-order valence-electron chi connectivity index (χ0n) is 8.09. The summed E-state index contributed by atoms with van der Waals surface area (Å²) in [4.78, 5) is 0.891. The third-order valence-electron chi connectivity index (χ3n) is 1.33. The van der Waals surface area contributed by atoms with Gasteiger partial charge in [-0.15, -0.1) is 12.6 Å². The number of hydrogen-bond acceptors (Lipinski definition) is 2. The average molecular weight is 184 g/mol. The van der Waals surface area contributed by atoms with Gasteiger partial charge in [0, 0.05) is 4.90 Å². The van der Waals surface area contributed by atoms with Crippen LogP contribution in [0.4, 0.5) is 0 Å². The van der Waals surface area contributed by atoms with Gasteiger partial charge in [0.1, 0.15) is 5.75 Å². The number of hydrogen-bond donors (Lipinski definition) is 1. The number of rotatable bonds is 1. The van der Waals surface area contributed by atoms with E-state index in [4.69, 9.17) is 4.74 Å². The van der Waals surface area contributed by atoms with Crippen LogP contribution in [0.1, 0.15) is 19.4 Å². The van der Waals surface area contributed by atoms with Crippen molar-refractivity contribution in [2.75, 3.05) is 7.11 Å². The second-order valence-corrected chi connectivity index (χ2v) is 2.66. The van der Waals surface area contributed by atoms with Gasteiger partial charge in [-0.25, -0.2) is 0 Å². The lowest BCUT2D eigenvalue weighted by Crippen LogP contribution is -1.84. The molecule has 68 valence electrons. The van der Waals surface area contributed by atoms with Gasteiger partial charge in [-0.05, 0) is 24.6 Å². The first kappa shape index (κ1) is 11.4. The van der Waals surface area contributed by atoms with Crippen LogP contribution in [0, 0.1) is 6.92 Å². The van der Waals surface area contributed by atoms with Gasteiger partial charge in [0.15, 0.2) is 0 Å². The number of ether oxygens (including phenoxy) is 1. The molecular formula is C10H16OS. The standard InChI is InChI=1S/C8H10OS.C2H6/c1-6-3-4-7(9-2)8(10)5-6;1-2/h3-5,10H,1-2H3;1-2H3. The molecule has 0 N–H and O–H groups in total. The maximum atomic E-state index is 5.02. The van der Waals surface area contributed by atoms with Crippen molar-refractivity contribution in [2.24, 2.45) is 0 Å². The Bertz CT molecular complexity index is 233. The third kappa shape index (κ3) is 3.18. The molecule has 1 aromatic rings. The Hall–Kier alpha value is -0.630. The van der Waals surface area contributed by atoms with E-state index >= 15 is 0 Å². The van der Waals surface area contributed by atoms with Gasteiger partial charge >= 0.3 is 0 Å². The first-order valence-corrected chi connectivity index (χ1v) is 4.52. The summed E-state index contributed by atoms with van der Waals surface area (Å²) >= 11 is 4.22. The summed E-state index contributed by atoms with van der Waals surface area (Å²) in [5.41, 5.74) is 1.20. The molecule has 0 aliphatic rings. The molecule has 1 aromatic carbocycles. The van der Waals surface area contributed by atoms with Crippen LogP contribution in [0.25, 0.3) is 0 Å². The van der Waals surface area contributed by atoms with Crippen molar-refractivity contribution >= 4 is 12.6 Å². The number of thiol groups is 1. The molecule has 0 aliphatic heterocycles. The van der Waals surface area contributed by atoms with Gasteiger partial charge in [0.25, 0.3) is 0 Å². The van der Waals surface area contributed by atoms with Gasteiger partial charge in [0.2, 0.25) is 0 Å². The van der Waals surface area contributed by atoms with Crippen molar-refractivity contribution in [1.82, 2.24) is 0 Å². The molecule has 0 saturated carbocycles. The zero-order valence-corrected chi connectivity index (χ0v) is 8.98. The molecular weight excluding hydrogens is 168 g/mol. The highest BCUT2D eigenvalue weighted by atomic mass is 32.1. The highest BCUT2D eigenvalue weighted by Crippen LogP contribution is 2.22. The van der Waals surface area contributed by atoms with Crippen LogP contribution in [0.5, 0.6) is 5.75 Å². The van der Waals surface area contributed by atoms with Crippen molar-refractivity contribution in [3.63, 3.8) is 0 Å². The Morgan fingerprint density at radius 1 is 1.25 bits per heavy atom. The molecule has 0 heterocycles. The van der Waals surface area contributed by atoms with E-state index in [1.807, 2.05) is 39.0 Å².